The van der Waals surface area contributed by atoms with Crippen molar-refractivity contribution in [2.45, 2.75) is 6.92 Å². The number of carbonyl (C=O) groups excluding carboxylic acids is 1. The summed E-state index contributed by atoms with van der Waals surface area (Å²) in [7, 11) is 0. The van der Waals surface area contributed by atoms with Crippen LogP contribution in [-0.2, 0) is 4.74 Å². The maximum Gasteiger partial charge on any atom is 0.339 e. The van der Waals surface area contributed by atoms with Crippen LogP contribution >= 0.6 is 15.9 Å². The van der Waals surface area contributed by atoms with Gasteiger partial charge in [0.2, 0.25) is 0 Å². The van der Waals surface area contributed by atoms with Crippen LogP contribution in [0, 0.1) is 11.3 Å². The second-order valence-electron chi connectivity index (χ2n) is 2.52. The number of nitriles is 1. The van der Waals surface area contributed by atoms with E-state index in [1.165, 1.54) is 0 Å². The molecule has 72 valence electrons. The third kappa shape index (κ3) is 2.33. The molecule has 0 aliphatic carbocycles. The summed E-state index contributed by atoms with van der Waals surface area (Å²) >= 11 is 3.23. The zero-order valence-corrected chi connectivity index (χ0v) is 9.17. The normalized spacial score (nSPS) is 9.21. The molecule has 1 rings (SSSR count). The molecule has 0 aliphatic heterocycles. The first kappa shape index (κ1) is 10.7. The lowest BCUT2D eigenvalue weighted by Crippen LogP contribution is -2.06. The van der Waals surface area contributed by atoms with Gasteiger partial charge in [0.25, 0.3) is 0 Å². The first-order valence-corrected chi connectivity index (χ1v) is 4.85. The zero-order chi connectivity index (χ0) is 10.6. The maximum atomic E-state index is 11.4. The van der Waals surface area contributed by atoms with Crippen molar-refractivity contribution in [1.82, 2.24) is 0 Å². The molecule has 0 amide bonds. The van der Waals surface area contributed by atoms with E-state index in [1.54, 1.807) is 25.1 Å². The van der Waals surface area contributed by atoms with Crippen LogP contribution in [-0.4, -0.2) is 12.6 Å². The maximum absolute atomic E-state index is 11.4. The minimum absolute atomic E-state index is 0.295. The van der Waals surface area contributed by atoms with E-state index >= 15 is 0 Å². The molecule has 14 heavy (non-hydrogen) atoms. The van der Waals surface area contributed by atoms with E-state index < -0.39 is 5.97 Å². The zero-order valence-electron chi connectivity index (χ0n) is 7.58. The van der Waals surface area contributed by atoms with E-state index in [1.807, 2.05) is 6.07 Å². The van der Waals surface area contributed by atoms with Gasteiger partial charge in [-0.1, -0.05) is 15.9 Å². The third-order valence-electron chi connectivity index (χ3n) is 1.60. The van der Waals surface area contributed by atoms with Crippen molar-refractivity contribution in [2.24, 2.45) is 0 Å². The molecule has 0 heterocycles. The summed E-state index contributed by atoms with van der Waals surface area (Å²) in [5, 5.41) is 8.75. The van der Waals surface area contributed by atoms with Gasteiger partial charge in [0, 0.05) is 4.47 Å². The smallest absolute Gasteiger partial charge is 0.339 e. The molecule has 3 nitrogen and oxygen atoms in total. The first-order chi connectivity index (χ1) is 6.69. The largest absolute Gasteiger partial charge is 0.462 e. The molecular formula is C10H8BrNO2. The lowest BCUT2D eigenvalue weighted by atomic mass is 10.1. The summed E-state index contributed by atoms with van der Waals surface area (Å²) in [4.78, 5) is 11.4. The number of ether oxygens (including phenoxy) is 1. The Hall–Kier alpha value is -1.34. The molecule has 0 spiro atoms. The van der Waals surface area contributed by atoms with Gasteiger partial charge < -0.3 is 4.74 Å². The Morgan fingerprint density at radius 1 is 1.64 bits per heavy atom. The van der Waals surface area contributed by atoms with E-state index in [9.17, 15) is 4.79 Å². The minimum Gasteiger partial charge on any atom is -0.462 e. The highest BCUT2D eigenvalue weighted by atomic mass is 79.9. The Kier molecular flexibility index (Phi) is 3.66. The van der Waals surface area contributed by atoms with Crippen LogP contribution in [0.25, 0.3) is 0 Å². The van der Waals surface area contributed by atoms with Gasteiger partial charge in [0.15, 0.2) is 0 Å². The van der Waals surface area contributed by atoms with Gasteiger partial charge in [-0.25, -0.2) is 4.79 Å². The van der Waals surface area contributed by atoms with Crippen molar-refractivity contribution in [3.63, 3.8) is 0 Å². The second kappa shape index (κ2) is 4.77. The predicted molar refractivity (Wildman–Crippen MR) is 54.8 cm³/mol. The molecule has 0 aromatic heterocycles. The highest BCUT2D eigenvalue weighted by molar-refractivity contribution is 9.10. The van der Waals surface area contributed by atoms with Crippen LogP contribution in [0.3, 0.4) is 0 Å². The van der Waals surface area contributed by atoms with Crippen LogP contribution < -0.4 is 0 Å². The average Bonchev–Trinajstić information content (AvgIpc) is 2.18. The molecule has 0 radical (unpaired) electrons. The van der Waals surface area contributed by atoms with E-state index in [0.29, 0.717) is 17.7 Å². The molecule has 0 saturated heterocycles. The fourth-order valence-electron chi connectivity index (χ4n) is 0.992. The lowest BCUT2D eigenvalue weighted by molar-refractivity contribution is 0.0526. The number of benzene rings is 1. The molecule has 1 aromatic rings. The highest BCUT2D eigenvalue weighted by Crippen LogP contribution is 2.16. The molecule has 1 aromatic carbocycles. The number of rotatable bonds is 2. The van der Waals surface area contributed by atoms with Crippen LogP contribution in [0.1, 0.15) is 22.8 Å². The van der Waals surface area contributed by atoms with Gasteiger partial charge in [-0.05, 0) is 25.1 Å². The lowest BCUT2D eigenvalue weighted by Gasteiger charge is -2.03. The number of carbonyl (C=O) groups is 1. The summed E-state index contributed by atoms with van der Waals surface area (Å²) in [5.41, 5.74) is 0.621. The number of hydrogen-bond donors (Lipinski definition) is 0. The van der Waals surface area contributed by atoms with Crippen molar-refractivity contribution in [1.29, 1.82) is 5.26 Å². The average molecular weight is 254 g/mol. The Balaban J connectivity index is 3.12. The van der Waals surface area contributed by atoms with Crippen molar-refractivity contribution in [3.05, 3.63) is 33.8 Å². The van der Waals surface area contributed by atoms with Crippen LogP contribution in [0.5, 0.6) is 0 Å². The van der Waals surface area contributed by atoms with Crippen LogP contribution in [0.4, 0.5) is 0 Å². The molecule has 4 heteroatoms. The van der Waals surface area contributed by atoms with E-state index in [-0.39, 0.29) is 0 Å². The molecule has 0 saturated carbocycles. The standard InChI is InChI=1S/C10H8BrNO2/c1-2-14-10(13)9-5-8(11)4-3-7(9)6-12/h3-5H,2H2,1H3. The number of halogens is 1. The van der Waals surface area contributed by atoms with Crippen LogP contribution in [0.15, 0.2) is 22.7 Å². The fourth-order valence-corrected chi connectivity index (χ4v) is 1.35. The quantitative estimate of drug-likeness (QED) is 0.762. The van der Waals surface area contributed by atoms with E-state index in [0.717, 1.165) is 4.47 Å². The first-order valence-electron chi connectivity index (χ1n) is 4.05. The molecule has 0 atom stereocenters. The Morgan fingerprint density at radius 2 is 2.36 bits per heavy atom. The molecule has 0 N–H and O–H groups in total. The topological polar surface area (TPSA) is 50.1 Å². The number of esters is 1. The van der Waals surface area contributed by atoms with Crippen molar-refractivity contribution in [2.75, 3.05) is 6.61 Å². The molecule has 0 unspecified atom stereocenters. The molecular weight excluding hydrogens is 246 g/mol. The third-order valence-corrected chi connectivity index (χ3v) is 2.09. The number of nitrogens with zero attached hydrogens (tertiary/aromatic N) is 1. The van der Waals surface area contributed by atoms with Gasteiger partial charge in [0.1, 0.15) is 6.07 Å². The van der Waals surface area contributed by atoms with Gasteiger partial charge in [-0.15, -0.1) is 0 Å². The Morgan fingerprint density at radius 3 is 2.93 bits per heavy atom. The molecule has 0 fully saturated rings. The summed E-state index contributed by atoms with van der Waals surface area (Å²) in [6.45, 7) is 2.03. The Bertz CT molecular complexity index is 396. The highest BCUT2D eigenvalue weighted by Gasteiger charge is 2.12. The summed E-state index contributed by atoms with van der Waals surface area (Å²) in [6.07, 6.45) is 0. The SMILES string of the molecule is CCOC(=O)c1cc(Br)ccc1C#N. The van der Waals surface area contributed by atoms with Crippen LogP contribution in [0.2, 0.25) is 0 Å². The van der Waals surface area contributed by atoms with Crippen molar-refractivity contribution in [3.8, 4) is 6.07 Å². The number of hydrogen-bond acceptors (Lipinski definition) is 3. The summed E-state index contributed by atoms with van der Waals surface area (Å²) in [6, 6.07) is 6.81. The minimum atomic E-state index is -0.467. The summed E-state index contributed by atoms with van der Waals surface area (Å²) in [5.74, 6) is -0.467. The van der Waals surface area contributed by atoms with Crippen molar-refractivity contribution < 1.29 is 9.53 Å². The predicted octanol–water partition coefficient (Wildman–Crippen LogP) is 2.50. The van der Waals surface area contributed by atoms with Gasteiger partial charge in [-0.3, -0.25) is 0 Å². The van der Waals surface area contributed by atoms with Crippen molar-refractivity contribution >= 4 is 21.9 Å². The summed E-state index contributed by atoms with van der Waals surface area (Å²) < 4.78 is 5.56. The monoisotopic (exact) mass is 253 g/mol. The van der Waals surface area contributed by atoms with E-state index in [2.05, 4.69) is 15.9 Å². The molecule has 0 aliphatic rings. The van der Waals surface area contributed by atoms with Gasteiger partial charge in [0.05, 0.1) is 17.7 Å². The van der Waals surface area contributed by atoms with Gasteiger partial charge in [-0.2, -0.15) is 5.26 Å². The van der Waals surface area contributed by atoms with E-state index in [4.69, 9.17) is 10.00 Å². The van der Waals surface area contributed by atoms with Gasteiger partial charge >= 0.3 is 5.97 Å². The second-order valence-corrected chi connectivity index (χ2v) is 3.44. The Labute approximate surface area is 90.4 Å². The fraction of sp³-hybridized carbons (Fsp3) is 0.200. The molecule has 0 bridgehead atoms.